The van der Waals surface area contributed by atoms with Crippen LogP contribution in [-0.4, -0.2) is 15.0 Å². The van der Waals surface area contributed by atoms with Gasteiger partial charge in [0.15, 0.2) is 0 Å². The number of halogens is 1. The molecule has 4 rings (SSSR count). The summed E-state index contributed by atoms with van der Waals surface area (Å²) in [6.07, 6.45) is 1.66. The Hall–Kier alpha value is -3.25. The van der Waals surface area contributed by atoms with Crippen molar-refractivity contribution < 1.29 is 13.3 Å². The Balaban J connectivity index is 1.51. The molecule has 0 amide bonds. The molecule has 0 saturated heterocycles. The van der Waals surface area contributed by atoms with E-state index in [0.717, 1.165) is 12.3 Å². The van der Waals surface area contributed by atoms with Gasteiger partial charge in [0, 0.05) is 12.1 Å². The highest BCUT2D eigenvalue weighted by Crippen LogP contribution is 2.18. The maximum absolute atomic E-state index is 13.1. The second-order valence-corrected chi connectivity index (χ2v) is 6.23. The van der Waals surface area contributed by atoms with Gasteiger partial charge in [-0.1, -0.05) is 35.5 Å². The molecule has 0 bridgehead atoms. The first-order chi connectivity index (χ1) is 13.3. The van der Waals surface area contributed by atoms with Crippen molar-refractivity contribution in [1.29, 1.82) is 0 Å². The lowest BCUT2D eigenvalue weighted by Gasteiger charge is -2.19. The first-order valence-electron chi connectivity index (χ1n) is 8.63. The van der Waals surface area contributed by atoms with E-state index in [9.17, 15) is 4.39 Å². The summed E-state index contributed by atoms with van der Waals surface area (Å²) in [5, 5.41) is 4.01. The van der Waals surface area contributed by atoms with Crippen LogP contribution in [0.15, 0.2) is 81.9 Å². The Labute approximate surface area is 156 Å². The van der Waals surface area contributed by atoms with Gasteiger partial charge in [0.25, 0.3) is 0 Å². The summed E-state index contributed by atoms with van der Waals surface area (Å²) in [6, 6.07) is 20.0. The molecule has 0 atom stereocenters. The molecule has 27 heavy (non-hydrogen) atoms. The minimum absolute atomic E-state index is 0.296. The minimum Gasteiger partial charge on any atom is -0.468 e. The summed E-state index contributed by atoms with van der Waals surface area (Å²) >= 11 is 0. The van der Waals surface area contributed by atoms with Gasteiger partial charge in [-0.15, -0.1) is 0 Å². The fourth-order valence-corrected chi connectivity index (χ4v) is 2.86. The molecule has 0 radical (unpaired) electrons. The van der Waals surface area contributed by atoms with Crippen LogP contribution in [0.2, 0.25) is 0 Å². The quantitative estimate of drug-likeness (QED) is 0.477. The van der Waals surface area contributed by atoms with E-state index in [0.29, 0.717) is 30.4 Å². The Morgan fingerprint density at radius 2 is 1.67 bits per heavy atom. The summed E-state index contributed by atoms with van der Waals surface area (Å²) in [7, 11) is 0. The molecule has 4 aromatic rings. The molecular weight excluding hydrogens is 345 g/mol. The van der Waals surface area contributed by atoms with Gasteiger partial charge in [0.05, 0.1) is 19.4 Å². The van der Waals surface area contributed by atoms with E-state index in [1.807, 2.05) is 30.3 Å². The van der Waals surface area contributed by atoms with Gasteiger partial charge in [-0.3, -0.25) is 4.90 Å². The third kappa shape index (κ3) is 4.48. The predicted molar refractivity (Wildman–Crippen MR) is 97.8 cm³/mol. The van der Waals surface area contributed by atoms with Crippen molar-refractivity contribution in [2.24, 2.45) is 0 Å². The monoisotopic (exact) mass is 363 g/mol. The van der Waals surface area contributed by atoms with Crippen molar-refractivity contribution in [1.82, 2.24) is 15.0 Å². The molecule has 136 valence electrons. The van der Waals surface area contributed by atoms with Crippen LogP contribution in [0.1, 0.15) is 17.2 Å². The molecule has 0 N–H and O–H groups in total. The van der Waals surface area contributed by atoms with E-state index < -0.39 is 0 Å². The molecule has 2 aromatic heterocycles. The topological polar surface area (TPSA) is 55.3 Å². The van der Waals surface area contributed by atoms with Gasteiger partial charge in [0.2, 0.25) is 11.7 Å². The van der Waals surface area contributed by atoms with Crippen LogP contribution in [-0.2, 0) is 19.6 Å². The van der Waals surface area contributed by atoms with Gasteiger partial charge in [0.1, 0.15) is 11.6 Å². The normalized spacial score (nSPS) is 11.2. The molecule has 0 unspecified atom stereocenters. The highest BCUT2D eigenvalue weighted by molar-refractivity contribution is 5.53. The van der Waals surface area contributed by atoms with E-state index in [1.54, 1.807) is 18.4 Å². The van der Waals surface area contributed by atoms with E-state index >= 15 is 0 Å². The van der Waals surface area contributed by atoms with Crippen LogP contribution in [0.3, 0.4) is 0 Å². The van der Waals surface area contributed by atoms with Crippen molar-refractivity contribution in [3.05, 3.63) is 96.0 Å². The second kappa shape index (κ2) is 7.97. The number of furan rings is 1. The SMILES string of the molecule is Fc1ccc(-c2noc(CN(Cc3ccccc3)Cc3ccco3)n2)cc1. The fraction of sp³-hybridized carbons (Fsp3) is 0.143. The maximum atomic E-state index is 13.1. The first kappa shape index (κ1) is 17.2. The number of nitrogens with zero attached hydrogens (tertiary/aromatic N) is 3. The van der Waals surface area contributed by atoms with Crippen LogP contribution in [0.4, 0.5) is 4.39 Å². The number of aromatic nitrogens is 2. The summed E-state index contributed by atoms with van der Waals surface area (Å²) in [5.41, 5.74) is 1.90. The third-order valence-electron chi connectivity index (χ3n) is 4.14. The highest BCUT2D eigenvalue weighted by atomic mass is 19.1. The number of hydrogen-bond acceptors (Lipinski definition) is 5. The molecule has 2 heterocycles. The lowest BCUT2D eigenvalue weighted by atomic mass is 10.2. The summed E-state index contributed by atoms with van der Waals surface area (Å²) in [4.78, 5) is 6.61. The van der Waals surface area contributed by atoms with Crippen molar-refractivity contribution in [2.75, 3.05) is 0 Å². The van der Waals surface area contributed by atoms with Crippen LogP contribution in [0.25, 0.3) is 11.4 Å². The smallest absolute Gasteiger partial charge is 0.241 e. The number of benzene rings is 2. The minimum atomic E-state index is -0.296. The molecule has 0 aliphatic carbocycles. The van der Waals surface area contributed by atoms with Gasteiger partial charge in [-0.25, -0.2) is 4.39 Å². The van der Waals surface area contributed by atoms with Crippen molar-refractivity contribution >= 4 is 0 Å². The Morgan fingerprint density at radius 3 is 2.41 bits per heavy atom. The molecule has 0 aliphatic rings. The van der Waals surface area contributed by atoms with Gasteiger partial charge in [-0.05, 0) is 42.0 Å². The van der Waals surface area contributed by atoms with E-state index in [2.05, 4.69) is 27.2 Å². The van der Waals surface area contributed by atoms with E-state index in [-0.39, 0.29) is 5.82 Å². The zero-order valence-electron chi connectivity index (χ0n) is 14.6. The van der Waals surface area contributed by atoms with Crippen molar-refractivity contribution in [2.45, 2.75) is 19.6 Å². The zero-order valence-corrected chi connectivity index (χ0v) is 14.6. The largest absolute Gasteiger partial charge is 0.468 e. The standard InChI is InChI=1S/C21H18FN3O2/c22-18-10-8-17(9-11-18)21-23-20(27-24-21)15-25(14-19-7-4-12-26-19)13-16-5-2-1-3-6-16/h1-12H,13-15H2. The molecule has 6 heteroatoms. The summed E-state index contributed by atoms with van der Waals surface area (Å²) in [5.74, 6) is 1.51. The molecule has 2 aromatic carbocycles. The van der Waals surface area contributed by atoms with Crippen LogP contribution < -0.4 is 0 Å². The highest BCUT2D eigenvalue weighted by Gasteiger charge is 2.15. The average Bonchev–Trinajstić information content (AvgIpc) is 3.35. The maximum Gasteiger partial charge on any atom is 0.241 e. The average molecular weight is 363 g/mol. The van der Waals surface area contributed by atoms with Crippen LogP contribution in [0.5, 0.6) is 0 Å². The summed E-state index contributed by atoms with van der Waals surface area (Å²) < 4.78 is 24.0. The van der Waals surface area contributed by atoms with E-state index in [1.165, 1.54) is 17.7 Å². The molecule has 5 nitrogen and oxygen atoms in total. The Bertz CT molecular complexity index is 966. The van der Waals surface area contributed by atoms with Crippen LogP contribution >= 0.6 is 0 Å². The van der Waals surface area contributed by atoms with Crippen molar-refractivity contribution in [3.8, 4) is 11.4 Å². The van der Waals surface area contributed by atoms with Crippen molar-refractivity contribution in [3.63, 3.8) is 0 Å². The third-order valence-corrected chi connectivity index (χ3v) is 4.14. The van der Waals surface area contributed by atoms with Gasteiger partial charge >= 0.3 is 0 Å². The Kier molecular flexibility index (Phi) is 5.07. The zero-order chi connectivity index (χ0) is 18.5. The van der Waals surface area contributed by atoms with Crippen LogP contribution in [0, 0.1) is 5.82 Å². The van der Waals surface area contributed by atoms with E-state index in [4.69, 9.17) is 8.94 Å². The summed E-state index contributed by atoms with van der Waals surface area (Å²) in [6.45, 7) is 1.82. The second-order valence-electron chi connectivity index (χ2n) is 6.23. The first-order valence-corrected chi connectivity index (χ1v) is 8.63. The molecule has 0 fully saturated rings. The lowest BCUT2D eigenvalue weighted by molar-refractivity contribution is 0.196. The number of rotatable bonds is 7. The van der Waals surface area contributed by atoms with Gasteiger partial charge in [-0.2, -0.15) is 4.98 Å². The van der Waals surface area contributed by atoms with Gasteiger partial charge < -0.3 is 8.94 Å². The molecule has 0 saturated carbocycles. The molecular formula is C21H18FN3O2. The lowest BCUT2D eigenvalue weighted by Crippen LogP contribution is -2.22. The molecule has 0 spiro atoms. The fourth-order valence-electron chi connectivity index (χ4n) is 2.86. The number of hydrogen-bond donors (Lipinski definition) is 0. The Morgan fingerprint density at radius 1 is 0.852 bits per heavy atom. The molecule has 0 aliphatic heterocycles. The predicted octanol–water partition coefficient (Wildman–Crippen LogP) is 4.67.